The summed E-state index contributed by atoms with van der Waals surface area (Å²) >= 11 is 1.85. The van der Waals surface area contributed by atoms with Gasteiger partial charge in [-0.05, 0) is 37.8 Å². The van der Waals surface area contributed by atoms with Crippen molar-refractivity contribution in [2.24, 2.45) is 10.7 Å². The van der Waals surface area contributed by atoms with E-state index in [0.29, 0.717) is 12.5 Å². The first-order valence-electron chi connectivity index (χ1n) is 7.41. The summed E-state index contributed by atoms with van der Waals surface area (Å²) in [6.45, 7) is 0.679. The zero-order valence-electron chi connectivity index (χ0n) is 12.4. The maximum atomic E-state index is 5.89. The maximum Gasteiger partial charge on any atom is 0.193 e. The van der Waals surface area contributed by atoms with Crippen LogP contribution >= 0.6 is 35.3 Å². The quantitative estimate of drug-likeness (QED) is 0.444. The number of hydrogen-bond acceptors (Lipinski definition) is 3. The van der Waals surface area contributed by atoms with Gasteiger partial charge < -0.3 is 11.1 Å². The lowest BCUT2D eigenvalue weighted by Crippen LogP contribution is -2.23. The van der Waals surface area contributed by atoms with Crippen molar-refractivity contribution in [1.29, 1.82) is 0 Å². The second kappa shape index (κ2) is 8.47. The molecule has 0 spiro atoms. The van der Waals surface area contributed by atoms with E-state index in [1.807, 2.05) is 41.7 Å². The fraction of sp³-hybridized carbons (Fsp3) is 0.375. The Kier molecular flexibility index (Phi) is 6.63. The number of fused-ring (bicyclic) bond motifs is 1. The van der Waals surface area contributed by atoms with E-state index in [1.54, 1.807) is 0 Å². The van der Waals surface area contributed by atoms with E-state index in [4.69, 9.17) is 10.7 Å². The average molecular weight is 428 g/mol. The number of nitrogens with zero attached hydrogens (tertiary/aromatic N) is 2. The molecule has 3 rings (SSSR count). The van der Waals surface area contributed by atoms with Crippen molar-refractivity contribution in [3.05, 3.63) is 45.9 Å². The number of nitrogens with one attached hydrogen (secondary N) is 1. The number of benzene rings is 1. The van der Waals surface area contributed by atoms with E-state index in [0.717, 1.165) is 18.5 Å². The van der Waals surface area contributed by atoms with Crippen LogP contribution in [-0.4, -0.2) is 17.5 Å². The zero-order chi connectivity index (χ0) is 14.5. The number of aryl methyl sites for hydroxylation is 2. The van der Waals surface area contributed by atoms with E-state index in [2.05, 4.69) is 10.3 Å². The van der Waals surface area contributed by atoms with E-state index in [-0.39, 0.29) is 24.0 Å². The maximum absolute atomic E-state index is 5.89. The third-order valence-corrected chi connectivity index (χ3v) is 4.76. The van der Waals surface area contributed by atoms with Gasteiger partial charge in [-0.3, -0.25) is 4.99 Å². The number of anilines is 1. The van der Waals surface area contributed by atoms with Crippen LogP contribution in [-0.2, 0) is 19.3 Å². The predicted molar refractivity (Wildman–Crippen MR) is 104 cm³/mol. The molecule has 0 radical (unpaired) electrons. The molecule has 1 heterocycles. The Morgan fingerprint density at radius 1 is 1.23 bits per heavy atom. The molecule has 4 nitrogen and oxygen atoms in total. The molecule has 1 aromatic carbocycles. The van der Waals surface area contributed by atoms with Gasteiger partial charge in [-0.1, -0.05) is 18.2 Å². The molecule has 0 atom stereocenters. The van der Waals surface area contributed by atoms with Crippen molar-refractivity contribution >= 4 is 47.0 Å². The normalized spacial score (nSPS) is 14.1. The van der Waals surface area contributed by atoms with E-state index in [1.165, 1.54) is 34.8 Å². The van der Waals surface area contributed by atoms with Gasteiger partial charge in [0.25, 0.3) is 0 Å². The monoisotopic (exact) mass is 428 g/mol. The Labute approximate surface area is 152 Å². The lowest BCUT2D eigenvalue weighted by molar-refractivity contribution is 0.680. The van der Waals surface area contributed by atoms with Gasteiger partial charge in [0, 0.05) is 23.5 Å². The molecule has 0 unspecified atom stereocenters. The molecule has 0 aliphatic heterocycles. The highest BCUT2D eigenvalue weighted by Gasteiger charge is 2.14. The highest BCUT2D eigenvalue weighted by Crippen LogP contribution is 2.26. The topological polar surface area (TPSA) is 63.3 Å². The first kappa shape index (κ1) is 17.2. The summed E-state index contributed by atoms with van der Waals surface area (Å²) in [7, 11) is 0. The molecule has 2 aromatic rings. The summed E-state index contributed by atoms with van der Waals surface area (Å²) in [6.07, 6.45) is 5.80. The van der Waals surface area contributed by atoms with Crippen molar-refractivity contribution in [3.8, 4) is 0 Å². The van der Waals surface area contributed by atoms with Gasteiger partial charge in [-0.15, -0.1) is 35.3 Å². The van der Waals surface area contributed by atoms with E-state index < -0.39 is 0 Å². The number of aliphatic imine (C=N–C) groups is 1. The third kappa shape index (κ3) is 4.67. The molecule has 0 saturated heterocycles. The van der Waals surface area contributed by atoms with Gasteiger partial charge in [0.15, 0.2) is 5.96 Å². The SMILES string of the molecule is I.NC(=NCCc1nc2c(s1)CCCC2)Nc1ccccc1. The molecule has 3 N–H and O–H groups in total. The highest BCUT2D eigenvalue weighted by atomic mass is 127. The molecule has 1 aliphatic carbocycles. The van der Waals surface area contributed by atoms with Crippen molar-refractivity contribution in [2.75, 3.05) is 11.9 Å². The van der Waals surface area contributed by atoms with Gasteiger partial charge >= 0.3 is 0 Å². The molecule has 1 aromatic heterocycles. The Balaban J connectivity index is 0.00000176. The number of guanidine groups is 1. The standard InChI is InChI=1S/C16H20N4S.HI/c17-16(19-12-6-2-1-3-7-12)18-11-10-15-20-13-8-4-5-9-14(13)21-15;/h1-3,6-7H,4-5,8-11H2,(H3,17,18,19);1H. The van der Waals surface area contributed by atoms with Crippen LogP contribution in [0.4, 0.5) is 5.69 Å². The molecule has 0 saturated carbocycles. The van der Waals surface area contributed by atoms with Crippen molar-refractivity contribution < 1.29 is 0 Å². The molecule has 22 heavy (non-hydrogen) atoms. The minimum atomic E-state index is 0. The van der Waals surface area contributed by atoms with Gasteiger partial charge in [0.1, 0.15) is 0 Å². The van der Waals surface area contributed by atoms with Gasteiger partial charge in [0.2, 0.25) is 0 Å². The fourth-order valence-electron chi connectivity index (χ4n) is 2.49. The molecule has 0 bridgehead atoms. The molecule has 1 aliphatic rings. The number of aromatic nitrogens is 1. The fourth-order valence-corrected chi connectivity index (χ4v) is 3.64. The van der Waals surface area contributed by atoms with Crippen LogP contribution in [0.3, 0.4) is 0 Å². The lowest BCUT2D eigenvalue weighted by atomic mass is 10.0. The van der Waals surface area contributed by atoms with Crippen LogP contribution in [0.1, 0.15) is 28.4 Å². The number of para-hydroxylation sites is 1. The van der Waals surface area contributed by atoms with Crippen LogP contribution in [0.2, 0.25) is 0 Å². The van der Waals surface area contributed by atoms with Crippen LogP contribution in [0, 0.1) is 0 Å². The average Bonchev–Trinajstić information content (AvgIpc) is 2.91. The lowest BCUT2D eigenvalue weighted by Gasteiger charge is -2.06. The Morgan fingerprint density at radius 3 is 2.77 bits per heavy atom. The zero-order valence-corrected chi connectivity index (χ0v) is 15.6. The van der Waals surface area contributed by atoms with Crippen LogP contribution in [0.5, 0.6) is 0 Å². The van der Waals surface area contributed by atoms with Crippen LogP contribution < -0.4 is 11.1 Å². The molecule has 0 amide bonds. The number of hydrogen-bond donors (Lipinski definition) is 2. The molecular weight excluding hydrogens is 407 g/mol. The largest absolute Gasteiger partial charge is 0.370 e. The Morgan fingerprint density at radius 2 is 2.00 bits per heavy atom. The van der Waals surface area contributed by atoms with Crippen LogP contribution in [0.25, 0.3) is 0 Å². The minimum absolute atomic E-state index is 0. The molecule has 6 heteroatoms. The second-order valence-electron chi connectivity index (χ2n) is 5.19. The van der Waals surface area contributed by atoms with Gasteiger partial charge in [0.05, 0.1) is 10.7 Å². The summed E-state index contributed by atoms with van der Waals surface area (Å²) in [6, 6.07) is 9.85. The number of nitrogens with two attached hydrogens (primary N) is 1. The number of rotatable bonds is 4. The molecular formula is C16H21IN4S. The summed E-state index contributed by atoms with van der Waals surface area (Å²) < 4.78 is 0. The van der Waals surface area contributed by atoms with Gasteiger partial charge in [-0.2, -0.15) is 0 Å². The van der Waals surface area contributed by atoms with Crippen molar-refractivity contribution in [1.82, 2.24) is 4.98 Å². The summed E-state index contributed by atoms with van der Waals surface area (Å²) in [4.78, 5) is 10.6. The predicted octanol–water partition coefficient (Wildman–Crippen LogP) is 3.61. The third-order valence-electron chi connectivity index (χ3n) is 3.54. The first-order valence-corrected chi connectivity index (χ1v) is 8.22. The van der Waals surface area contributed by atoms with Gasteiger partial charge in [-0.25, -0.2) is 4.98 Å². The van der Waals surface area contributed by atoms with Crippen LogP contribution in [0.15, 0.2) is 35.3 Å². The van der Waals surface area contributed by atoms with Crippen molar-refractivity contribution in [3.63, 3.8) is 0 Å². The van der Waals surface area contributed by atoms with E-state index in [9.17, 15) is 0 Å². The summed E-state index contributed by atoms with van der Waals surface area (Å²) in [5.41, 5.74) is 8.17. The number of halogens is 1. The van der Waals surface area contributed by atoms with E-state index >= 15 is 0 Å². The molecule has 118 valence electrons. The minimum Gasteiger partial charge on any atom is -0.370 e. The Hall–Kier alpha value is -1.15. The second-order valence-corrected chi connectivity index (χ2v) is 6.36. The highest BCUT2D eigenvalue weighted by molar-refractivity contribution is 14.0. The van der Waals surface area contributed by atoms with Crippen molar-refractivity contribution in [2.45, 2.75) is 32.1 Å². The summed E-state index contributed by atoms with van der Waals surface area (Å²) in [5, 5.41) is 4.28. The molecule has 0 fully saturated rings. The summed E-state index contributed by atoms with van der Waals surface area (Å²) in [5.74, 6) is 0.461. The first-order chi connectivity index (χ1) is 10.3. The number of thiazole rings is 1. The Bertz CT molecular complexity index is 601. The smallest absolute Gasteiger partial charge is 0.193 e.